The molecule has 2 heterocycles. The predicted molar refractivity (Wildman–Crippen MR) is 83.1 cm³/mol. The smallest absolute Gasteiger partial charge is 0.434 e. The maximum absolute atomic E-state index is 12.6. The van der Waals surface area contributed by atoms with Gasteiger partial charge in [-0.2, -0.15) is 13.2 Å². The first-order chi connectivity index (χ1) is 11.5. The van der Waals surface area contributed by atoms with Gasteiger partial charge in [-0.15, -0.1) is 0 Å². The van der Waals surface area contributed by atoms with Gasteiger partial charge in [-0.25, -0.2) is 14.8 Å². The average molecular weight is 362 g/mol. The zero-order valence-corrected chi connectivity index (χ0v) is 14.2. The third-order valence-electron chi connectivity index (χ3n) is 3.57. The molecule has 0 unspecified atom stereocenters. The van der Waals surface area contributed by atoms with Gasteiger partial charge < -0.3 is 19.6 Å². The highest BCUT2D eigenvalue weighted by Crippen LogP contribution is 2.28. The Balaban J connectivity index is 2.08. The van der Waals surface area contributed by atoms with E-state index in [1.165, 1.54) is 4.90 Å². The summed E-state index contributed by atoms with van der Waals surface area (Å²) < 4.78 is 43.0. The molecule has 1 aliphatic rings. The first-order valence-electron chi connectivity index (χ1n) is 7.76. The molecule has 1 saturated heterocycles. The number of alkyl halides is 3. The highest BCUT2D eigenvalue weighted by atomic mass is 19.4. The number of ether oxygens (including phenoxy) is 1. The molecule has 1 aromatic rings. The van der Waals surface area contributed by atoms with Crippen molar-refractivity contribution in [3.05, 3.63) is 18.1 Å². The van der Waals surface area contributed by atoms with E-state index >= 15 is 0 Å². The summed E-state index contributed by atoms with van der Waals surface area (Å²) in [6.45, 7) is 5.74. The van der Waals surface area contributed by atoms with Crippen LogP contribution in [-0.4, -0.2) is 64.0 Å². The van der Waals surface area contributed by atoms with Crippen LogP contribution in [0.25, 0.3) is 0 Å². The summed E-state index contributed by atoms with van der Waals surface area (Å²) in [4.78, 5) is 22.4. The van der Waals surface area contributed by atoms with Gasteiger partial charge in [0.2, 0.25) is 0 Å². The molecule has 7 nitrogen and oxygen atoms in total. The fraction of sp³-hybridized carbons (Fsp3) is 0.667. The molecule has 1 aliphatic heterocycles. The summed E-state index contributed by atoms with van der Waals surface area (Å²) in [6.07, 6.45) is -3.38. The standard InChI is InChI=1S/C15H21F3N4O3/c1-14(2,3)25-13(24)21-4-5-22(10(8-21)9-23)12-7-19-11(6-20-12)15(16,17)18/h6-7,10,23H,4-5,8-9H2,1-3H3/t10-/m0/s1. The molecule has 25 heavy (non-hydrogen) atoms. The first-order valence-corrected chi connectivity index (χ1v) is 7.76. The second-order valence-corrected chi connectivity index (χ2v) is 6.71. The summed E-state index contributed by atoms with van der Waals surface area (Å²) in [5, 5.41) is 9.59. The number of rotatable bonds is 2. The number of carbonyl (C=O) groups excluding carboxylic acids is 1. The zero-order chi connectivity index (χ0) is 18.8. The molecule has 1 aromatic heterocycles. The Morgan fingerprint density at radius 2 is 1.96 bits per heavy atom. The van der Waals surface area contributed by atoms with E-state index in [2.05, 4.69) is 9.97 Å². The summed E-state index contributed by atoms with van der Waals surface area (Å²) >= 11 is 0. The van der Waals surface area contributed by atoms with Crippen LogP contribution in [0.5, 0.6) is 0 Å². The summed E-state index contributed by atoms with van der Waals surface area (Å²) in [5.74, 6) is 0.218. The van der Waals surface area contributed by atoms with Gasteiger partial charge in [-0.1, -0.05) is 0 Å². The van der Waals surface area contributed by atoms with Gasteiger partial charge in [0.05, 0.1) is 25.0 Å². The summed E-state index contributed by atoms with van der Waals surface area (Å²) in [5.41, 5.74) is -1.72. The normalized spacial score (nSPS) is 19.1. The fourth-order valence-corrected chi connectivity index (χ4v) is 2.42. The van der Waals surface area contributed by atoms with Gasteiger partial charge in [0.1, 0.15) is 11.4 Å². The van der Waals surface area contributed by atoms with Gasteiger partial charge in [0.25, 0.3) is 0 Å². The molecule has 10 heteroatoms. The lowest BCUT2D eigenvalue weighted by Gasteiger charge is -2.41. The van der Waals surface area contributed by atoms with Crippen LogP contribution in [0.4, 0.5) is 23.8 Å². The predicted octanol–water partition coefficient (Wildman–Crippen LogP) is 1.91. The molecular formula is C15H21F3N4O3. The zero-order valence-electron chi connectivity index (χ0n) is 14.2. The number of halogens is 3. The molecule has 0 saturated carbocycles. The van der Waals surface area contributed by atoms with Crippen LogP contribution in [-0.2, 0) is 10.9 Å². The molecule has 140 valence electrons. The van der Waals surface area contributed by atoms with E-state index in [0.29, 0.717) is 19.3 Å². The molecule has 0 radical (unpaired) electrons. The minimum atomic E-state index is -4.56. The van der Waals surface area contributed by atoms with Gasteiger partial charge in [0.15, 0.2) is 5.69 Å². The number of hydrogen-bond donors (Lipinski definition) is 1. The molecule has 0 bridgehead atoms. The topological polar surface area (TPSA) is 78.8 Å². The molecule has 1 amide bonds. The van der Waals surface area contributed by atoms with Gasteiger partial charge in [-0.3, -0.25) is 0 Å². The Labute approximate surface area is 143 Å². The van der Waals surface area contributed by atoms with Gasteiger partial charge in [0, 0.05) is 19.6 Å². The maximum Gasteiger partial charge on any atom is 0.434 e. The third kappa shape index (κ3) is 4.94. The monoisotopic (exact) mass is 362 g/mol. The maximum atomic E-state index is 12.6. The Morgan fingerprint density at radius 1 is 1.28 bits per heavy atom. The second-order valence-electron chi connectivity index (χ2n) is 6.71. The highest BCUT2D eigenvalue weighted by Gasteiger charge is 2.35. The number of aliphatic hydroxyl groups is 1. The molecular weight excluding hydrogens is 341 g/mol. The van der Waals surface area contributed by atoms with Crippen LogP contribution in [0.3, 0.4) is 0 Å². The van der Waals surface area contributed by atoms with Crippen molar-refractivity contribution in [1.29, 1.82) is 0 Å². The van der Waals surface area contributed by atoms with Crippen molar-refractivity contribution in [1.82, 2.24) is 14.9 Å². The van der Waals surface area contributed by atoms with Crippen molar-refractivity contribution < 1.29 is 27.8 Å². The number of hydrogen-bond acceptors (Lipinski definition) is 6. The van der Waals surface area contributed by atoms with Crippen molar-refractivity contribution in [2.24, 2.45) is 0 Å². The number of aliphatic hydroxyl groups excluding tert-OH is 1. The highest BCUT2D eigenvalue weighted by molar-refractivity contribution is 5.68. The average Bonchev–Trinajstić information content (AvgIpc) is 2.52. The first kappa shape index (κ1) is 19.2. The Kier molecular flexibility index (Phi) is 5.40. The van der Waals surface area contributed by atoms with E-state index in [1.54, 1.807) is 25.7 Å². The van der Waals surface area contributed by atoms with E-state index in [1.807, 2.05) is 0 Å². The third-order valence-corrected chi connectivity index (χ3v) is 3.57. The molecule has 1 atom stereocenters. The van der Waals surface area contributed by atoms with Crippen molar-refractivity contribution in [2.75, 3.05) is 31.1 Å². The number of amides is 1. The molecule has 1 fully saturated rings. The lowest BCUT2D eigenvalue weighted by atomic mass is 10.1. The van der Waals surface area contributed by atoms with Crippen LogP contribution >= 0.6 is 0 Å². The number of carbonyl (C=O) groups is 1. The molecule has 0 aromatic carbocycles. The van der Waals surface area contributed by atoms with E-state index in [9.17, 15) is 23.1 Å². The minimum absolute atomic E-state index is 0.175. The number of aromatic nitrogens is 2. The lowest BCUT2D eigenvalue weighted by molar-refractivity contribution is -0.141. The van der Waals surface area contributed by atoms with Gasteiger partial charge in [-0.05, 0) is 20.8 Å². The number of piperazine rings is 1. The van der Waals surface area contributed by atoms with Crippen molar-refractivity contribution in [3.63, 3.8) is 0 Å². The second kappa shape index (κ2) is 7.03. The van der Waals surface area contributed by atoms with Crippen LogP contribution < -0.4 is 4.90 Å². The fourth-order valence-electron chi connectivity index (χ4n) is 2.42. The Morgan fingerprint density at radius 3 is 2.44 bits per heavy atom. The molecule has 0 aliphatic carbocycles. The summed E-state index contributed by atoms with van der Waals surface area (Å²) in [6, 6.07) is -0.507. The van der Waals surface area contributed by atoms with Gasteiger partial charge >= 0.3 is 12.3 Å². The van der Waals surface area contributed by atoms with Crippen molar-refractivity contribution in [2.45, 2.75) is 38.6 Å². The van der Waals surface area contributed by atoms with Crippen LogP contribution in [0.1, 0.15) is 26.5 Å². The number of nitrogens with zero attached hydrogens (tertiary/aromatic N) is 4. The molecule has 0 spiro atoms. The Hall–Kier alpha value is -2.10. The van der Waals surface area contributed by atoms with Crippen molar-refractivity contribution >= 4 is 11.9 Å². The van der Waals surface area contributed by atoms with Crippen LogP contribution in [0, 0.1) is 0 Å². The summed E-state index contributed by atoms with van der Waals surface area (Å²) in [7, 11) is 0. The van der Waals surface area contributed by atoms with E-state index in [-0.39, 0.29) is 19.0 Å². The Bertz CT molecular complexity index is 602. The number of anilines is 1. The SMILES string of the molecule is CC(C)(C)OC(=O)N1CCN(c2cnc(C(F)(F)F)cn2)[C@H](CO)C1. The van der Waals surface area contributed by atoms with Crippen LogP contribution in [0.15, 0.2) is 12.4 Å². The molecule has 1 N–H and O–H groups in total. The molecule has 2 rings (SSSR count). The quantitative estimate of drug-likeness (QED) is 0.866. The largest absolute Gasteiger partial charge is 0.444 e. The van der Waals surface area contributed by atoms with E-state index in [0.717, 1.165) is 6.20 Å². The van der Waals surface area contributed by atoms with Crippen LogP contribution in [0.2, 0.25) is 0 Å². The van der Waals surface area contributed by atoms with E-state index < -0.39 is 29.6 Å². The van der Waals surface area contributed by atoms with Crippen molar-refractivity contribution in [3.8, 4) is 0 Å². The minimum Gasteiger partial charge on any atom is -0.444 e. The van der Waals surface area contributed by atoms with E-state index in [4.69, 9.17) is 4.74 Å². The lowest BCUT2D eigenvalue weighted by Crippen LogP contribution is -2.57.